The first-order valence-electron chi connectivity index (χ1n) is 10.5. The summed E-state index contributed by atoms with van der Waals surface area (Å²) in [7, 11) is 1.78. The number of imidazole rings is 1. The van der Waals surface area contributed by atoms with E-state index in [9.17, 15) is 22.4 Å². The summed E-state index contributed by atoms with van der Waals surface area (Å²) >= 11 is 0. The first kappa shape index (κ1) is 22.8. The van der Waals surface area contributed by atoms with Gasteiger partial charge in [0, 0.05) is 50.2 Å². The average Bonchev–Trinajstić information content (AvgIpc) is 3.23. The van der Waals surface area contributed by atoms with Crippen LogP contribution >= 0.6 is 0 Å². The molecule has 1 aromatic carbocycles. The van der Waals surface area contributed by atoms with Crippen LogP contribution in [0.25, 0.3) is 0 Å². The second kappa shape index (κ2) is 9.21. The van der Waals surface area contributed by atoms with Crippen LogP contribution in [-0.2, 0) is 18.0 Å². The van der Waals surface area contributed by atoms with Crippen molar-refractivity contribution >= 4 is 11.7 Å². The van der Waals surface area contributed by atoms with Crippen molar-refractivity contribution in [2.75, 3.05) is 18.0 Å². The number of amides is 1. The van der Waals surface area contributed by atoms with Gasteiger partial charge < -0.3 is 14.8 Å². The Bertz CT molecular complexity index is 1100. The summed E-state index contributed by atoms with van der Waals surface area (Å²) < 4.78 is 54.5. The van der Waals surface area contributed by atoms with Crippen molar-refractivity contribution < 1.29 is 22.4 Å². The van der Waals surface area contributed by atoms with Crippen LogP contribution < -0.4 is 10.2 Å². The Balaban J connectivity index is 1.43. The number of halogens is 4. The van der Waals surface area contributed by atoms with E-state index < -0.39 is 23.6 Å². The Hall–Kier alpha value is -3.43. The summed E-state index contributed by atoms with van der Waals surface area (Å²) in [6.07, 6.45) is 0.701. The molecule has 0 spiro atoms. The topological polar surface area (TPSA) is 63.1 Å². The molecule has 33 heavy (non-hydrogen) atoms. The molecule has 1 atom stereocenters. The van der Waals surface area contributed by atoms with E-state index in [-0.39, 0.29) is 11.8 Å². The van der Waals surface area contributed by atoms with Crippen LogP contribution in [0.3, 0.4) is 0 Å². The van der Waals surface area contributed by atoms with Crippen LogP contribution in [0, 0.1) is 11.7 Å². The predicted molar refractivity (Wildman–Crippen MR) is 114 cm³/mol. The van der Waals surface area contributed by atoms with Crippen LogP contribution in [0.5, 0.6) is 0 Å². The third-order valence-electron chi connectivity index (χ3n) is 5.88. The van der Waals surface area contributed by atoms with Crippen molar-refractivity contribution in [3.8, 4) is 0 Å². The zero-order valence-electron chi connectivity index (χ0n) is 17.9. The molecule has 1 aliphatic rings. The summed E-state index contributed by atoms with van der Waals surface area (Å²) in [5, 5.41) is 2.94. The van der Waals surface area contributed by atoms with E-state index in [1.807, 2.05) is 4.90 Å². The summed E-state index contributed by atoms with van der Waals surface area (Å²) in [6, 6.07) is 7.86. The lowest BCUT2D eigenvalue weighted by Gasteiger charge is -2.33. The van der Waals surface area contributed by atoms with Crippen molar-refractivity contribution in [2.24, 2.45) is 13.0 Å². The van der Waals surface area contributed by atoms with Gasteiger partial charge in [0.05, 0.1) is 5.56 Å². The van der Waals surface area contributed by atoms with Crippen LogP contribution in [0.15, 0.2) is 55.0 Å². The normalized spacial score (nSPS) is 16.0. The summed E-state index contributed by atoms with van der Waals surface area (Å²) in [5.41, 5.74) is -0.472. The number of benzene rings is 1. The number of piperidine rings is 1. The SMILES string of the molecule is Cn1ccnc1C(NC(=O)C1CCN(c2ccc(C(F)(F)F)cn2)CC1)c1ccccc1F. The molecular weight excluding hydrogens is 438 g/mol. The Labute approximate surface area is 188 Å². The van der Waals surface area contributed by atoms with Gasteiger partial charge in [-0.05, 0) is 31.0 Å². The van der Waals surface area contributed by atoms with Gasteiger partial charge in [0.1, 0.15) is 23.5 Å². The maximum Gasteiger partial charge on any atom is 0.417 e. The number of alkyl halides is 3. The van der Waals surface area contributed by atoms with E-state index in [2.05, 4.69) is 15.3 Å². The summed E-state index contributed by atoms with van der Waals surface area (Å²) in [6.45, 7) is 0.951. The zero-order chi connectivity index (χ0) is 23.6. The Morgan fingerprint density at radius 2 is 1.85 bits per heavy atom. The van der Waals surface area contributed by atoms with E-state index in [0.29, 0.717) is 43.1 Å². The lowest BCUT2D eigenvalue weighted by molar-refractivity contribution is -0.137. The van der Waals surface area contributed by atoms with Crippen molar-refractivity contribution in [2.45, 2.75) is 25.1 Å². The number of nitrogens with one attached hydrogen (secondary N) is 1. The summed E-state index contributed by atoms with van der Waals surface area (Å²) in [5.74, 6) is -0.00976. The molecule has 0 radical (unpaired) electrons. The van der Waals surface area contributed by atoms with Crippen LogP contribution in [0.1, 0.15) is 35.8 Å². The molecule has 1 amide bonds. The molecule has 2 aromatic heterocycles. The third kappa shape index (κ3) is 4.99. The smallest absolute Gasteiger partial charge is 0.357 e. The lowest BCUT2D eigenvalue weighted by Crippen LogP contribution is -2.42. The Kier molecular flexibility index (Phi) is 6.35. The minimum absolute atomic E-state index is 0.216. The number of pyridine rings is 1. The quantitative estimate of drug-likeness (QED) is 0.582. The van der Waals surface area contributed by atoms with Gasteiger partial charge in [0.25, 0.3) is 0 Å². The monoisotopic (exact) mass is 461 g/mol. The van der Waals surface area contributed by atoms with Crippen molar-refractivity contribution in [3.63, 3.8) is 0 Å². The van der Waals surface area contributed by atoms with Gasteiger partial charge in [-0.1, -0.05) is 18.2 Å². The fraction of sp³-hybridized carbons (Fsp3) is 0.348. The van der Waals surface area contributed by atoms with Gasteiger partial charge in [0.2, 0.25) is 5.91 Å². The minimum Gasteiger partial charge on any atom is -0.357 e. The van der Waals surface area contributed by atoms with Gasteiger partial charge in [-0.15, -0.1) is 0 Å². The number of carbonyl (C=O) groups is 1. The van der Waals surface area contributed by atoms with Crippen LogP contribution in [-0.4, -0.2) is 33.5 Å². The van der Waals surface area contributed by atoms with Gasteiger partial charge >= 0.3 is 6.18 Å². The number of nitrogens with zero attached hydrogens (tertiary/aromatic N) is 4. The molecular formula is C23H23F4N5O. The summed E-state index contributed by atoms with van der Waals surface area (Å²) in [4.78, 5) is 23.2. The van der Waals surface area contributed by atoms with E-state index in [1.165, 1.54) is 12.1 Å². The lowest BCUT2D eigenvalue weighted by atomic mass is 9.94. The highest BCUT2D eigenvalue weighted by Crippen LogP contribution is 2.30. The van der Waals surface area contributed by atoms with Crippen molar-refractivity contribution in [1.82, 2.24) is 19.9 Å². The van der Waals surface area contributed by atoms with Gasteiger partial charge in [0.15, 0.2) is 0 Å². The highest BCUT2D eigenvalue weighted by Gasteiger charge is 2.32. The molecule has 0 bridgehead atoms. The molecule has 1 saturated heterocycles. The molecule has 10 heteroatoms. The molecule has 4 rings (SSSR count). The largest absolute Gasteiger partial charge is 0.417 e. The third-order valence-corrected chi connectivity index (χ3v) is 5.88. The van der Waals surface area contributed by atoms with E-state index in [1.54, 1.807) is 42.2 Å². The van der Waals surface area contributed by atoms with Crippen LogP contribution in [0.4, 0.5) is 23.4 Å². The number of anilines is 1. The maximum atomic E-state index is 14.5. The molecule has 3 aromatic rings. The Morgan fingerprint density at radius 1 is 1.12 bits per heavy atom. The van der Waals surface area contributed by atoms with Gasteiger partial charge in [-0.25, -0.2) is 14.4 Å². The average molecular weight is 461 g/mol. The molecule has 174 valence electrons. The minimum atomic E-state index is -4.43. The number of hydrogen-bond donors (Lipinski definition) is 1. The second-order valence-electron chi connectivity index (χ2n) is 8.02. The number of rotatable bonds is 5. The number of carbonyl (C=O) groups excluding carboxylic acids is 1. The van der Waals surface area contributed by atoms with E-state index >= 15 is 0 Å². The second-order valence-corrected chi connectivity index (χ2v) is 8.02. The van der Waals surface area contributed by atoms with Gasteiger partial charge in [-0.3, -0.25) is 4.79 Å². The van der Waals surface area contributed by atoms with Crippen molar-refractivity contribution in [3.05, 3.63) is 77.8 Å². The molecule has 1 N–H and O–H groups in total. The molecule has 0 saturated carbocycles. The fourth-order valence-electron chi connectivity index (χ4n) is 4.02. The van der Waals surface area contributed by atoms with E-state index in [0.717, 1.165) is 12.3 Å². The number of aryl methyl sites for hydroxylation is 1. The molecule has 0 aliphatic carbocycles. The zero-order valence-corrected chi connectivity index (χ0v) is 17.9. The molecule has 1 fully saturated rings. The fourth-order valence-corrected chi connectivity index (χ4v) is 4.02. The first-order valence-corrected chi connectivity index (χ1v) is 10.5. The molecule has 3 heterocycles. The molecule has 6 nitrogen and oxygen atoms in total. The van der Waals surface area contributed by atoms with Crippen LogP contribution in [0.2, 0.25) is 0 Å². The highest BCUT2D eigenvalue weighted by molar-refractivity contribution is 5.79. The number of hydrogen-bond acceptors (Lipinski definition) is 4. The predicted octanol–water partition coefficient (Wildman–Crippen LogP) is 4.10. The molecule has 1 unspecified atom stereocenters. The van der Waals surface area contributed by atoms with E-state index in [4.69, 9.17) is 0 Å². The van der Waals surface area contributed by atoms with Crippen molar-refractivity contribution in [1.29, 1.82) is 0 Å². The first-order chi connectivity index (χ1) is 15.7. The number of aromatic nitrogens is 3. The van der Waals surface area contributed by atoms with Gasteiger partial charge in [-0.2, -0.15) is 13.2 Å². The standard InChI is InChI=1S/C23H23F4N5O/c1-31-13-10-28-21(31)20(17-4-2-3-5-18(17)24)30-22(33)15-8-11-32(12-9-15)19-7-6-16(14-29-19)23(25,26)27/h2-7,10,13-15,20H,8-9,11-12H2,1H3,(H,30,33). The highest BCUT2D eigenvalue weighted by atomic mass is 19.4. The molecule has 1 aliphatic heterocycles. The maximum absolute atomic E-state index is 14.5. The Morgan fingerprint density at radius 3 is 2.42 bits per heavy atom.